The van der Waals surface area contributed by atoms with Crippen LogP contribution in [0.3, 0.4) is 0 Å². The molecule has 28 heavy (non-hydrogen) atoms. The maximum absolute atomic E-state index is 13.9. The van der Waals surface area contributed by atoms with E-state index in [-0.39, 0.29) is 34.9 Å². The molecular weight excluding hydrogens is 361 g/mol. The molecule has 0 aliphatic carbocycles. The molecule has 0 saturated heterocycles. The molecule has 0 atom stereocenters. The van der Waals surface area contributed by atoms with Gasteiger partial charge in [0.2, 0.25) is 0 Å². The van der Waals surface area contributed by atoms with E-state index in [9.17, 15) is 14.0 Å². The topological polar surface area (TPSA) is 85.0 Å². The van der Waals surface area contributed by atoms with Gasteiger partial charge in [-0.25, -0.2) is 13.9 Å². The molecule has 1 aromatic heterocycles. The smallest absolute Gasteiger partial charge is 0.359 e. The first-order valence-electron chi connectivity index (χ1n) is 8.76. The molecule has 0 bridgehead atoms. The second-order valence-electron chi connectivity index (χ2n) is 6.77. The highest BCUT2D eigenvalue weighted by Crippen LogP contribution is 2.17. The number of hydrogen-bond donors (Lipinski definition) is 0. The van der Waals surface area contributed by atoms with Crippen LogP contribution in [0.1, 0.15) is 35.5 Å². The third-order valence-electron chi connectivity index (χ3n) is 4.13. The minimum Gasteiger partial charge on any atom is -0.456 e. The summed E-state index contributed by atoms with van der Waals surface area (Å²) < 4.78 is 20.4. The van der Waals surface area contributed by atoms with Gasteiger partial charge in [0.05, 0.1) is 17.0 Å². The van der Waals surface area contributed by atoms with E-state index < -0.39 is 11.8 Å². The van der Waals surface area contributed by atoms with Crippen molar-refractivity contribution in [2.75, 3.05) is 0 Å². The molecule has 2 aromatic carbocycles. The van der Waals surface area contributed by atoms with E-state index in [1.807, 2.05) is 19.9 Å². The first-order chi connectivity index (χ1) is 13.4. The monoisotopic (exact) mass is 379 g/mol. The Kier molecular flexibility index (Phi) is 5.50. The fourth-order valence-electron chi connectivity index (χ4n) is 2.82. The zero-order valence-electron chi connectivity index (χ0n) is 15.5. The molecule has 3 aromatic rings. The summed E-state index contributed by atoms with van der Waals surface area (Å²) in [5.74, 6) is -1.19. The lowest BCUT2D eigenvalue weighted by Gasteiger charge is -2.12. The summed E-state index contributed by atoms with van der Waals surface area (Å²) in [7, 11) is 0. The van der Waals surface area contributed by atoms with E-state index in [1.54, 1.807) is 24.3 Å². The van der Waals surface area contributed by atoms with Gasteiger partial charge < -0.3 is 4.74 Å². The Morgan fingerprint density at radius 1 is 1.25 bits per heavy atom. The van der Waals surface area contributed by atoms with Crippen LogP contribution < -0.4 is 5.56 Å². The van der Waals surface area contributed by atoms with Crippen molar-refractivity contribution in [2.24, 2.45) is 5.92 Å². The van der Waals surface area contributed by atoms with Gasteiger partial charge in [-0.3, -0.25) is 4.79 Å². The number of ether oxygens (including phenoxy) is 1. The molecule has 3 rings (SSSR count). The van der Waals surface area contributed by atoms with Gasteiger partial charge >= 0.3 is 5.97 Å². The predicted octanol–water partition coefficient (Wildman–Crippen LogP) is 3.42. The molecule has 0 saturated carbocycles. The quantitative estimate of drug-likeness (QED) is 0.634. The van der Waals surface area contributed by atoms with Crippen LogP contribution in [-0.2, 0) is 17.9 Å². The summed E-state index contributed by atoms with van der Waals surface area (Å²) in [5.41, 5.74) is 0.0648. The molecule has 0 unspecified atom stereocenters. The zero-order valence-corrected chi connectivity index (χ0v) is 15.5. The number of aromatic nitrogens is 2. The molecule has 0 radical (unpaired) electrons. The van der Waals surface area contributed by atoms with Crippen LogP contribution in [-0.4, -0.2) is 15.7 Å². The maximum atomic E-state index is 13.9. The van der Waals surface area contributed by atoms with Crippen molar-refractivity contribution in [1.29, 1.82) is 5.26 Å². The Hall–Kier alpha value is -3.53. The molecule has 0 aliphatic heterocycles. The van der Waals surface area contributed by atoms with Crippen molar-refractivity contribution in [2.45, 2.75) is 27.0 Å². The number of rotatable bonds is 5. The van der Waals surface area contributed by atoms with Gasteiger partial charge in [0.15, 0.2) is 5.69 Å². The number of esters is 1. The van der Waals surface area contributed by atoms with Gasteiger partial charge in [0.1, 0.15) is 12.4 Å². The fourth-order valence-corrected chi connectivity index (χ4v) is 2.82. The molecule has 6 nitrogen and oxygen atoms in total. The summed E-state index contributed by atoms with van der Waals surface area (Å²) in [4.78, 5) is 25.3. The third kappa shape index (κ3) is 3.91. The van der Waals surface area contributed by atoms with Gasteiger partial charge in [-0.2, -0.15) is 10.4 Å². The van der Waals surface area contributed by atoms with Crippen molar-refractivity contribution in [3.8, 4) is 6.07 Å². The number of nitriles is 1. The number of halogens is 1. The summed E-state index contributed by atoms with van der Waals surface area (Å²) in [6.07, 6.45) is 0. The Morgan fingerprint density at radius 3 is 2.64 bits per heavy atom. The maximum Gasteiger partial charge on any atom is 0.359 e. The van der Waals surface area contributed by atoms with E-state index in [0.717, 1.165) is 6.07 Å². The van der Waals surface area contributed by atoms with E-state index in [4.69, 9.17) is 10.00 Å². The number of fused-ring (bicyclic) bond motifs is 1. The minimum absolute atomic E-state index is 0.00676. The van der Waals surface area contributed by atoms with Crippen LogP contribution in [0.25, 0.3) is 10.8 Å². The van der Waals surface area contributed by atoms with Crippen molar-refractivity contribution in [1.82, 2.24) is 9.78 Å². The Morgan fingerprint density at radius 2 is 1.96 bits per heavy atom. The van der Waals surface area contributed by atoms with Crippen LogP contribution in [0.2, 0.25) is 0 Å². The third-order valence-corrected chi connectivity index (χ3v) is 4.13. The van der Waals surface area contributed by atoms with Gasteiger partial charge in [-0.05, 0) is 30.2 Å². The summed E-state index contributed by atoms with van der Waals surface area (Å²) >= 11 is 0. The molecule has 0 fully saturated rings. The first-order valence-corrected chi connectivity index (χ1v) is 8.76. The highest BCUT2D eigenvalue weighted by atomic mass is 19.1. The number of benzene rings is 2. The van der Waals surface area contributed by atoms with Crippen molar-refractivity contribution in [3.63, 3.8) is 0 Å². The van der Waals surface area contributed by atoms with Crippen molar-refractivity contribution >= 4 is 16.7 Å². The summed E-state index contributed by atoms with van der Waals surface area (Å²) in [6, 6.07) is 12.4. The van der Waals surface area contributed by atoms with E-state index in [1.165, 1.54) is 16.8 Å². The number of nitrogens with zero attached hydrogens (tertiary/aromatic N) is 3. The minimum atomic E-state index is -0.768. The average molecular weight is 379 g/mol. The van der Waals surface area contributed by atoms with Gasteiger partial charge in [0.25, 0.3) is 5.56 Å². The summed E-state index contributed by atoms with van der Waals surface area (Å²) in [6.45, 7) is 3.88. The SMILES string of the molecule is CC(C)Cn1nc(C(=O)OCc2cc(C#N)ccc2F)c2ccccc2c1=O. The number of hydrogen-bond acceptors (Lipinski definition) is 5. The molecule has 7 heteroatoms. The second-order valence-corrected chi connectivity index (χ2v) is 6.77. The number of carbonyl (C=O) groups is 1. The lowest BCUT2D eigenvalue weighted by molar-refractivity contribution is 0.0461. The molecule has 0 N–H and O–H groups in total. The van der Waals surface area contributed by atoms with Crippen LogP contribution in [0.5, 0.6) is 0 Å². The standard InChI is InChI=1S/C21H18FN3O3/c1-13(2)11-25-20(26)17-6-4-3-5-16(17)19(24-25)21(27)28-12-15-9-14(10-23)7-8-18(15)22/h3-9,13H,11-12H2,1-2H3. The lowest BCUT2D eigenvalue weighted by Crippen LogP contribution is -2.28. The Bertz CT molecular complexity index is 1150. The molecule has 0 aliphatic rings. The predicted molar refractivity (Wildman–Crippen MR) is 101 cm³/mol. The average Bonchev–Trinajstić information content (AvgIpc) is 2.69. The van der Waals surface area contributed by atoms with Gasteiger partial charge in [-0.1, -0.05) is 32.0 Å². The second kappa shape index (κ2) is 8.01. The molecule has 142 valence electrons. The van der Waals surface area contributed by atoms with Crippen LogP contribution in [0, 0.1) is 23.1 Å². The Balaban J connectivity index is 1.96. The highest BCUT2D eigenvalue weighted by Gasteiger charge is 2.19. The van der Waals surface area contributed by atoms with Gasteiger partial charge in [-0.15, -0.1) is 0 Å². The normalized spacial score (nSPS) is 10.8. The summed E-state index contributed by atoms with van der Waals surface area (Å²) in [5, 5.41) is 13.9. The Labute approximate surface area is 160 Å². The highest BCUT2D eigenvalue weighted by molar-refractivity contribution is 6.02. The largest absolute Gasteiger partial charge is 0.456 e. The van der Waals surface area contributed by atoms with E-state index in [2.05, 4.69) is 5.10 Å². The van der Waals surface area contributed by atoms with Crippen LogP contribution in [0.4, 0.5) is 4.39 Å². The lowest BCUT2D eigenvalue weighted by atomic mass is 10.1. The van der Waals surface area contributed by atoms with Crippen LogP contribution in [0.15, 0.2) is 47.3 Å². The zero-order chi connectivity index (χ0) is 20.3. The molecule has 0 spiro atoms. The van der Waals surface area contributed by atoms with Crippen molar-refractivity contribution in [3.05, 3.63) is 75.5 Å². The molecule has 0 amide bonds. The van der Waals surface area contributed by atoms with E-state index in [0.29, 0.717) is 17.3 Å². The fraction of sp³-hybridized carbons (Fsp3) is 0.238. The van der Waals surface area contributed by atoms with Gasteiger partial charge in [0, 0.05) is 17.5 Å². The van der Waals surface area contributed by atoms with Crippen molar-refractivity contribution < 1.29 is 13.9 Å². The van der Waals surface area contributed by atoms with Crippen LogP contribution >= 0.6 is 0 Å². The molecular formula is C21H18FN3O3. The number of carbonyl (C=O) groups excluding carboxylic acids is 1. The first kappa shape index (κ1) is 19.2. The molecule has 1 heterocycles. The van der Waals surface area contributed by atoms with E-state index >= 15 is 0 Å².